The summed E-state index contributed by atoms with van der Waals surface area (Å²) in [7, 11) is -3.61. The summed E-state index contributed by atoms with van der Waals surface area (Å²) in [6, 6.07) is 16.7. The molecule has 2 unspecified atom stereocenters. The van der Waals surface area contributed by atoms with Gasteiger partial charge in [0.25, 0.3) is 0 Å². The monoisotopic (exact) mass is 624 g/mol. The van der Waals surface area contributed by atoms with E-state index in [1.807, 2.05) is 54.6 Å². The van der Waals surface area contributed by atoms with Gasteiger partial charge >= 0.3 is 13.6 Å². The highest BCUT2D eigenvalue weighted by molar-refractivity contribution is 7.53. The molecule has 2 fully saturated rings. The quantitative estimate of drug-likeness (QED) is 0.235. The Morgan fingerprint density at radius 3 is 2.36 bits per heavy atom. The van der Waals surface area contributed by atoms with Gasteiger partial charge < -0.3 is 24.0 Å². The van der Waals surface area contributed by atoms with Crippen molar-refractivity contribution in [1.82, 2.24) is 5.32 Å². The molecule has 5 rings (SSSR count). The molecule has 1 N–H and O–H groups in total. The number of carbonyl (C=O) groups excluding carboxylic acids is 3. The molecule has 44 heavy (non-hydrogen) atoms. The molecular formula is C34H45N2O7P. The van der Waals surface area contributed by atoms with Gasteiger partial charge in [0.2, 0.25) is 11.8 Å². The summed E-state index contributed by atoms with van der Waals surface area (Å²) in [6.07, 6.45) is 4.53. The van der Waals surface area contributed by atoms with Crippen LogP contribution in [0.25, 0.3) is 0 Å². The topological polar surface area (TPSA) is 111 Å². The number of anilines is 1. The number of fused-ring (bicyclic) bond motifs is 1. The molecule has 0 radical (unpaired) electrons. The summed E-state index contributed by atoms with van der Waals surface area (Å²) in [5.41, 5.74) is 0.167. The second-order valence-corrected chi connectivity index (χ2v) is 15.5. The van der Waals surface area contributed by atoms with Crippen molar-refractivity contribution in [1.29, 1.82) is 0 Å². The third kappa shape index (κ3) is 7.11. The zero-order valence-corrected chi connectivity index (χ0v) is 27.2. The van der Waals surface area contributed by atoms with Gasteiger partial charge in [-0.05, 0) is 77.0 Å². The Morgan fingerprint density at radius 1 is 1.00 bits per heavy atom. The van der Waals surface area contributed by atoms with Crippen LogP contribution in [-0.2, 0) is 45.8 Å². The first kappa shape index (κ1) is 32.4. The minimum absolute atomic E-state index is 0.00359. The fraction of sp³-hybridized carbons (Fsp3) is 0.559. The molecule has 0 aromatic heterocycles. The largest absolute Gasteiger partial charge is 0.459 e. The number of ether oxygens (including phenoxy) is 1. The number of rotatable bonds is 11. The van der Waals surface area contributed by atoms with Crippen LogP contribution in [0.5, 0.6) is 0 Å². The maximum atomic E-state index is 14.2. The van der Waals surface area contributed by atoms with Gasteiger partial charge in [0.05, 0.1) is 30.2 Å². The average Bonchev–Trinajstić information content (AvgIpc) is 3.50. The molecule has 2 saturated carbocycles. The summed E-state index contributed by atoms with van der Waals surface area (Å²) in [5.74, 6) is -0.857. The van der Waals surface area contributed by atoms with Crippen LogP contribution in [-0.4, -0.2) is 48.7 Å². The van der Waals surface area contributed by atoms with E-state index in [-0.39, 0.29) is 43.8 Å². The number of amides is 2. The molecule has 2 amide bonds. The van der Waals surface area contributed by atoms with Gasteiger partial charge in [-0.2, -0.15) is 0 Å². The Labute approximate surface area is 260 Å². The highest BCUT2D eigenvalue weighted by atomic mass is 31.2. The number of benzene rings is 2. The Bertz CT molecular complexity index is 1420. The zero-order chi connectivity index (χ0) is 31.6. The Hall–Kier alpha value is -3.00. The van der Waals surface area contributed by atoms with Crippen molar-refractivity contribution in [3.05, 3.63) is 65.7 Å². The standard InChI is InChI=1S/C34H45N2O7P/c1-5-41-44(40,42-23-25-13-7-6-8-14-25)24-33(18-11-12-19-33)30(38)35-28-21-34(28)20-17-26-15-9-10-16-27(26)36(31(34)39)22-29(37)43-32(2,3)4/h6-10,13-16,28H,5,11-12,17-24H2,1-4H3,(H,35,38)/t28-,34?,44?/m1/s1. The number of hydrogen-bond acceptors (Lipinski definition) is 7. The van der Waals surface area contributed by atoms with Gasteiger partial charge in [0, 0.05) is 11.7 Å². The predicted molar refractivity (Wildman–Crippen MR) is 168 cm³/mol. The predicted octanol–water partition coefficient (Wildman–Crippen LogP) is 6.19. The van der Waals surface area contributed by atoms with Crippen molar-refractivity contribution in [2.75, 3.05) is 24.2 Å². The molecule has 2 aromatic rings. The second-order valence-electron chi connectivity index (χ2n) is 13.4. The van der Waals surface area contributed by atoms with Crippen molar-refractivity contribution in [2.45, 2.75) is 90.9 Å². The van der Waals surface area contributed by atoms with E-state index in [9.17, 15) is 18.9 Å². The Morgan fingerprint density at radius 2 is 1.68 bits per heavy atom. The van der Waals surface area contributed by atoms with Crippen LogP contribution in [0.3, 0.4) is 0 Å². The lowest BCUT2D eigenvalue weighted by Crippen LogP contribution is -2.47. The molecule has 1 aliphatic heterocycles. The maximum absolute atomic E-state index is 14.2. The molecule has 238 valence electrons. The molecule has 2 aliphatic carbocycles. The molecule has 1 heterocycles. The normalized spacial score (nSPS) is 23.9. The van der Waals surface area contributed by atoms with Crippen molar-refractivity contribution >= 4 is 31.1 Å². The maximum Gasteiger partial charge on any atom is 0.332 e. The van der Waals surface area contributed by atoms with E-state index in [1.165, 1.54) is 4.90 Å². The fourth-order valence-electron chi connectivity index (χ4n) is 6.76. The lowest BCUT2D eigenvalue weighted by atomic mass is 9.87. The third-order valence-corrected chi connectivity index (χ3v) is 11.2. The van der Waals surface area contributed by atoms with E-state index in [2.05, 4.69) is 5.32 Å². The molecule has 1 spiro atoms. The summed E-state index contributed by atoms with van der Waals surface area (Å²) < 4.78 is 31.2. The lowest BCUT2D eigenvalue weighted by molar-refractivity contribution is -0.153. The molecule has 2 aromatic carbocycles. The van der Waals surface area contributed by atoms with Gasteiger partial charge in [-0.15, -0.1) is 0 Å². The first-order valence-corrected chi connectivity index (χ1v) is 17.5. The number of para-hydroxylation sites is 1. The smallest absolute Gasteiger partial charge is 0.332 e. The Kier molecular flexibility index (Phi) is 9.41. The van der Waals surface area contributed by atoms with Crippen LogP contribution < -0.4 is 10.2 Å². The molecule has 3 atom stereocenters. The molecule has 9 nitrogen and oxygen atoms in total. The zero-order valence-electron chi connectivity index (χ0n) is 26.3. The van der Waals surface area contributed by atoms with Crippen LogP contribution in [0, 0.1) is 10.8 Å². The van der Waals surface area contributed by atoms with Crippen LogP contribution in [0.4, 0.5) is 5.69 Å². The van der Waals surface area contributed by atoms with E-state index in [4.69, 9.17) is 13.8 Å². The third-order valence-electron chi connectivity index (χ3n) is 9.02. The first-order valence-electron chi connectivity index (χ1n) is 15.7. The summed E-state index contributed by atoms with van der Waals surface area (Å²) in [6.45, 7) is 7.30. The summed E-state index contributed by atoms with van der Waals surface area (Å²) in [5, 5.41) is 3.20. The minimum Gasteiger partial charge on any atom is -0.459 e. The van der Waals surface area contributed by atoms with Gasteiger partial charge in [0.15, 0.2) is 0 Å². The number of nitrogens with zero attached hydrogens (tertiary/aromatic N) is 1. The SMILES string of the molecule is CCOP(=O)(CC1(C(=O)N[C@@H]2CC23CCc2ccccc2N(CC(=O)OC(C)(C)C)C3=O)CCCC1)OCc1ccccc1. The van der Waals surface area contributed by atoms with E-state index in [1.54, 1.807) is 27.7 Å². The summed E-state index contributed by atoms with van der Waals surface area (Å²) in [4.78, 5) is 42.7. The number of esters is 1. The van der Waals surface area contributed by atoms with E-state index < -0.39 is 30.0 Å². The fourth-order valence-corrected chi connectivity index (χ4v) is 8.96. The molecule has 3 aliphatic rings. The van der Waals surface area contributed by atoms with E-state index >= 15 is 0 Å². The van der Waals surface area contributed by atoms with Crippen LogP contribution in [0.15, 0.2) is 54.6 Å². The van der Waals surface area contributed by atoms with Crippen molar-refractivity contribution in [2.24, 2.45) is 10.8 Å². The van der Waals surface area contributed by atoms with Gasteiger partial charge in [0.1, 0.15) is 12.1 Å². The highest BCUT2D eigenvalue weighted by Crippen LogP contribution is 2.58. The minimum atomic E-state index is -3.61. The van der Waals surface area contributed by atoms with Crippen LogP contribution in [0.2, 0.25) is 0 Å². The van der Waals surface area contributed by atoms with E-state index in [0.29, 0.717) is 37.8 Å². The van der Waals surface area contributed by atoms with Gasteiger partial charge in [-0.25, -0.2) is 0 Å². The molecule has 10 heteroatoms. The number of nitrogens with one attached hydrogen (secondary N) is 1. The number of hydrogen-bond donors (Lipinski definition) is 1. The Balaban J connectivity index is 1.33. The number of carbonyl (C=O) groups is 3. The van der Waals surface area contributed by atoms with Crippen LogP contribution in [0.1, 0.15) is 77.3 Å². The lowest BCUT2D eigenvalue weighted by Gasteiger charge is -2.32. The molecular weight excluding hydrogens is 579 g/mol. The first-order chi connectivity index (χ1) is 20.9. The van der Waals surface area contributed by atoms with Crippen LogP contribution >= 0.6 is 7.60 Å². The number of aryl methyl sites for hydroxylation is 1. The highest BCUT2D eigenvalue weighted by Gasteiger charge is 2.63. The summed E-state index contributed by atoms with van der Waals surface area (Å²) >= 11 is 0. The molecule has 0 bridgehead atoms. The van der Waals surface area contributed by atoms with Gasteiger partial charge in [-0.1, -0.05) is 61.4 Å². The van der Waals surface area contributed by atoms with Crippen molar-refractivity contribution < 1.29 is 32.7 Å². The second kappa shape index (κ2) is 12.8. The van der Waals surface area contributed by atoms with Crippen molar-refractivity contribution in [3.63, 3.8) is 0 Å². The van der Waals surface area contributed by atoms with E-state index in [0.717, 1.165) is 24.0 Å². The van der Waals surface area contributed by atoms with Crippen molar-refractivity contribution in [3.8, 4) is 0 Å². The van der Waals surface area contributed by atoms with Gasteiger partial charge in [-0.3, -0.25) is 18.9 Å². The molecule has 0 saturated heterocycles. The average molecular weight is 625 g/mol.